The topological polar surface area (TPSA) is 23.6 Å². The van der Waals surface area contributed by atoms with E-state index in [1.807, 2.05) is 43.4 Å². The molecule has 0 N–H and O–H groups in total. The van der Waals surface area contributed by atoms with Crippen LogP contribution in [0, 0.1) is 0 Å². The highest BCUT2D eigenvalue weighted by atomic mass is 16.2. The van der Waals surface area contributed by atoms with Gasteiger partial charge in [0.2, 0.25) is 5.91 Å². The Morgan fingerprint density at radius 2 is 1.43 bits per heavy atom. The average molecular weight is 282 g/mol. The van der Waals surface area contributed by atoms with Gasteiger partial charge in [-0.15, -0.1) is 0 Å². The summed E-state index contributed by atoms with van der Waals surface area (Å²) >= 11 is 0. The maximum Gasteiger partial charge on any atom is 0.224 e. The standard InChI is InChI=1S/C18H22N2O/c1-19(2)18(21)14-17(15-10-6-4-7-11-15)20(3)16-12-8-5-9-13-16/h4-13,17H,14H2,1-3H3. The third-order valence-electron chi connectivity index (χ3n) is 3.68. The van der Waals surface area contributed by atoms with Crippen LogP contribution in [0.5, 0.6) is 0 Å². The molecule has 0 fully saturated rings. The van der Waals surface area contributed by atoms with Gasteiger partial charge in [0.15, 0.2) is 0 Å². The molecule has 0 saturated heterocycles. The lowest BCUT2D eigenvalue weighted by Gasteiger charge is -2.31. The number of anilines is 1. The Morgan fingerprint density at radius 3 is 1.95 bits per heavy atom. The molecule has 2 rings (SSSR count). The van der Waals surface area contributed by atoms with Crippen LogP contribution in [0.4, 0.5) is 5.69 Å². The molecule has 0 aliphatic heterocycles. The van der Waals surface area contributed by atoms with Gasteiger partial charge in [-0.1, -0.05) is 48.5 Å². The number of benzene rings is 2. The monoisotopic (exact) mass is 282 g/mol. The molecule has 3 heteroatoms. The van der Waals surface area contributed by atoms with E-state index in [0.29, 0.717) is 6.42 Å². The zero-order valence-electron chi connectivity index (χ0n) is 12.9. The SMILES string of the molecule is CN(C)C(=O)CC(c1ccccc1)N(C)c1ccccc1. The number of hydrogen-bond acceptors (Lipinski definition) is 2. The summed E-state index contributed by atoms with van der Waals surface area (Å²) in [6, 6.07) is 20.4. The fourth-order valence-corrected chi connectivity index (χ4v) is 2.34. The van der Waals surface area contributed by atoms with Crippen molar-refractivity contribution >= 4 is 11.6 Å². The molecule has 2 aromatic carbocycles. The van der Waals surface area contributed by atoms with Gasteiger partial charge in [-0.05, 0) is 17.7 Å². The third-order valence-corrected chi connectivity index (χ3v) is 3.68. The summed E-state index contributed by atoms with van der Waals surface area (Å²) < 4.78 is 0. The van der Waals surface area contributed by atoms with Gasteiger partial charge in [-0.3, -0.25) is 4.79 Å². The molecule has 1 unspecified atom stereocenters. The van der Waals surface area contributed by atoms with Gasteiger partial charge in [0, 0.05) is 26.8 Å². The van der Waals surface area contributed by atoms with Gasteiger partial charge in [0.1, 0.15) is 0 Å². The molecule has 21 heavy (non-hydrogen) atoms. The fourth-order valence-electron chi connectivity index (χ4n) is 2.34. The van der Waals surface area contributed by atoms with Crippen molar-refractivity contribution in [2.75, 3.05) is 26.0 Å². The zero-order valence-corrected chi connectivity index (χ0v) is 12.9. The first kappa shape index (κ1) is 15.1. The second-order valence-corrected chi connectivity index (χ2v) is 5.37. The Kier molecular flexibility index (Phi) is 4.99. The molecule has 0 saturated carbocycles. The Labute approximate surface area is 126 Å². The molecule has 0 spiro atoms. The van der Waals surface area contributed by atoms with E-state index in [4.69, 9.17) is 0 Å². The van der Waals surface area contributed by atoms with Gasteiger partial charge in [0.25, 0.3) is 0 Å². The molecule has 110 valence electrons. The first-order valence-electron chi connectivity index (χ1n) is 7.12. The number of carbonyl (C=O) groups is 1. The molecular weight excluding hydrogens is 260 g/mol. The van der Waals surface area contributed by atoms with Crippen LogP contribution in [0.2, 0.25) is 0 Å². The van der Waals surface area contributed by atoms with E-state index >= 15 is 0 Å². The normalized spacial score (nSPS) is 11.8. The quantitative estimate of drug-likeness (QED) is 0.839. The van der Waals surface area contributed by atoms with Gasteiger partial charge in [-0.25, -0.2) is 0 Å². The minimum atomic E-state index is 0.0310. The fraction of sp³-hybridized carbons (Fsp3) is 0.278. The molecule has 0 aromatic heterocycles. The second kappa shape index (κ2) is 6.93. The molecular formula is C18H22N2O. The number of amides is 1. The van der Waals surface area contributed by atoms with Crippen LogP contribution in [0.25, 0.3) is 0 Å². The highest BCUT2D eigenvalue weighted by Gasteiger charge is 2.21. The first-order chi connectivity index (χ1) is 10.1. The molecule has 0 heterocycles. The number of carbonyl (C=O) groups excluding carboxylic acids is 1. The third kappa shape index (κ3) is 3.85. The van der Waals surface area contributed by atoms with Crippen LogP contribution >= 0.6 is 0 Å². The highest BCUT2D eigenvalue weighted by molar-refractivity contribution is 5.77. The lowest BCUT2D eigenvalue weighted by molar-refractivity contribution is -0.129. The smallest absolute Gasteiger partial charge is 0.224 e. The Hall–Kier alpha value is -2.29. The van der Waals surface area contributed by atoms with Crippen molar-refractivity contribution in [1.82, 2.24) is 4.90 Å². The van der Waals surface area contributed by atoms with Crippen LogP contribution < -0.4 is 4.90 Å². The molecule has 0 radical (unpaired) electrons. The maximum absolute atomic E-state index is 12.2. The predicted molar refractivity (Wildman–Crippen MR) is 87.3 cm³/mol. The van der Waals surface area contributed by atoms with Crippen molar-refractivity contribution in [3.8, 4) is 0 Å². The first-order valence-corrected chi connectivity index (χ1v) is 7.12. The molecule has 1 amide bonds. The van der Waals surface area contributed by atoms with Gasteiger partial charge < -0.3 is 9.80 Å². The maximum atomic E-state index is 12.2. The lowest BCUT2D eigenvalue weighted by atomic mass is 10.0. The summed E-state index contributed by atoms with van der Waals surface area (Å²) in [5, 5.41) is 0. The lowest BCUT2D eigenvalue weighted by Crippen LogP contribution is -2.31. The number of rotatable bonds is 5. The molecule has 2 aromatic rings. The highest BCUT2D eigenvalue weighted by Crippen LogP contribution is 2.28. The summed E-state index contributed by atoms with van der Waals surface area (Å²) in [7, 11) is 5.63. The van der Waals surface area contributed by atoms with Crippen molar-refractivity contribution in [2.24, 2.45) is 0 Å². The summed E-state index contributed by atoms with van der Waals surface area (Å²) in [6.07, 6.45) is 0.461. The minimum Gasteiger partial charge on any atom is -0.367 e. The summed E-state index contributed by atoms with van der Waals surface area (Å²) in [6.45, 7) is 0. The Bertz CT molecular complexity index is 566. The van der Waals surface area contributed by atoms with E-state index in [1.165, 1.54) is 0 Å². The van der Waals surface area contributed by atoms with Gasteiger partial charge in [-0.2, -0.15) is 0 Å². The van der Waals surface area contributed by atoms with Crippen LogP contribution in [-0.4, -0.2) is 32.0 Å². The largest absolute Gasteiger partial charge is 0.367 e. The summed E-state index contributed by atoms with van der Waals surface area (Å²) in [4.78, 5) is 16.0. The molecule has 3 nitrogen and oxygen atoms in total. The van der Waals surface area contributed by atoms with Crippen LogP contribution in [0.1, 0.15) is 18.0 Å². The number of nitrogens with zero attached hydrogens (tertiary/aromatic N) is 2. The van der Waals surface area contributed by atoms with Crippen LogP contribution in [-0.2, 0) is 4.79 Å². The summed E-state index contributed by atoms with van der Waals surface area (Å²) in [5.41, 5.74) is 2.26. The van der Waals surface area contributed by atoms with E-state index in [-0.39, 0.29) is 11.9 Å². The molecule has 0 aliphatic carbocycles. The van der Waals surface area contributed by atoms with Crippen molar-refractivity contribution in [2.45, 2.75) is 12.5 Å². The van der Waals surface area contributed by atoms with Gasteiger partial charge in [0.05, 0.1) is 12.5 Å². The van der Waals surface area contributed by atoms with E-state index in [0.717, 1.165) is 11.3 Å². The Balaban J connectivity index is 2.30. The predicted octanol–water partition coefficient (Wildman–Crippen LogP) is 3.34. The van der Waals surface area contributed by atoms with Crippen molar-refractivity contribution < 1.29 is 4.79 Å². The van der Waals surface area contributed by atoms with Crippen LogP contribution in [0.3, 0.4) is 0 Å². The number of para-hydroxylation sites is 1. The molecule has 0 aliphatic rings. The van der Waals surface area contributed by atoms with Crippen molar-refractivity contribution in [3.63, 3.8) is 0 Å². The van der Waals surface area contributed by atoms with E-state index in [2.05, 4.69) is 29.2 Å². The summed E-state index contributed by atoms with van der Waals surface area (Å²) in [5.74, 6) is 0.131. The van der Waals surface area contributed by atoms with Crippen molar-refractivity contribution in [1.29, 1.82) is 0 Å². The van der Waals surface area contributed by atoms with E-state index < -0.39 is 0 Å². The molecule has 0 bridgehead atoms. The van der Waals surface area contributed by atoms with E-state index in [1.54, 1.807) is 19.0 Å². The van der Waals surface area contributed by atoms with Crippen LogP contribution in [0.15, 0.2) is 60.7 Å². The molecule has 1 atom stereocenters. The Morgan fingerprint density at radius 1 is 0.905 bits per heavy atom. The minimum absolute atomic E-state index is 0.0310. The average Bonchev–Trinajstić information content (AvgIpc) is 2.53. The van der Waals surface area contributed by atoms with E-state index in [9.17, 15) is 4.79 Å². The number of hydrogen-bond donors (Lipinski definition) is 0. The van der Waals surface area contributed by atoms with Gasteiger partial charge >= 0.3 is 0 Å². The second-order valence-electron chi connectivity index (χ2n) is 5.37. The van der Waals surface area contributed by atoms with Crippen molar-refractivity contribution in [3.05, 3.63) is 66.2 Å². The zero-order chi connectivity index (χ0) is 15.2.